The topological polar surface area (TPSA) is 85.2 Å². The number of nitrogens with one attached hydrogen (secondary N) is 1. The number of anilines is 2. The fourth-order valence-electron chi connectivity index (χ4n) is 2.87. The third-order valence-electron chi connectivity index (χ3n) is 4.20. The second kappa shape index (κ2) is 7.32. The van der Waals surface area contributed by atoms with E-state index >= 15 is 0 Å². The molecule has 3 aromatic rings. The number of aromatic nitrogens is 4. The molecule has 1 fully saturated rings. The van der Waals surface area contributed by atoms with Crippen molar-refractivity contribution in [2.75, 3.05) is 36.5 Å². The summed E-state index contributed by atoms with van der Waals surface area (Å²) in [5, 5.41) is 14.0. The molecule has 0 radical (unpaired) electrons. The van der Waals surface area contributed by atoms with Crippen molar-refractivity contribution in [3.05, 3.63) is 60.4 Å². The highest BCUT2D eigenvalue weighted by molar-refractivity contribution is 6.04. The van der Waals surface area contributed by atoms with E-state index in [0.717, 1.165) is 43.4 Å². The van der Waals surface area contributed by atoms with E-state index in [1.54, 1.807) is 18.2 Å². The minimum Gasteiger partial charge on any atom is -0.378 e. The molecule has 0 unspecified atom stereocenters. The van der Waals surface area contributed by atoms with Gasteiger partial charge in [0.25, 0.3) is 5.91 Å². The summed E-state index contributed by atoms with van der Waals surface area (Å²) in [6, 6.07) is 15.0. The number of carbonyl (C=O) groups is 1. The first-order chi connectivity index (χ1) is 12.8. The lowest BCUT2D eigenvalue weighted by Gasteiger charge is -2.29. The highest BCUT2D eigenvalue weighted by atomic mass is 16.5. The van der Waals surface area contributed by atoms with Gasteiger partial charge in [-0.25, -0.2) is 4.68 Å². The molecule has 0 saturated carbocycles. The number of benzene rings is 2. The molecular weight excluding hydrogens is 332 g/mol. The second-order valence-electron chi connectivity index (χ2n) is 5.91. The second-order valence-corrected chi connectivity index (χ2v) is 5.91. The average molecular weight is 350 g/mol. The Kier molecular flexibility index (Phi) is 4.57. The van der Waals surface area contributed by atoms with Gasteiger partial charge >= 0.3 is 0 Å². The summed E-state index contributed by atoms with van der Waals surface area (Å²) in [6.07, 6.45) is 1.49. The Bertz CT molecular complexity index is 890. The number of ether oxygens (including phenoxy) is 1. The maximum absolute atomic E-state index is 12.6. The van der Waals surface area contributed by atoms with Crippen LogP contribution >= 0.6 is 0 Å². The zero-order valence-electron chi connectivity index (χ0n) is 14.1. The maximum Gasteiger partial charge on any atom is 0.255 e. The number of carbonyl (C=O) groups excluding carboxylic acids is 1. The van der Waals surface area contributed by atoms with E-state index in [4.69, 9.17) is 4.74 Å². The van der Waals surface area contributed by atoms with Crippen LogP contribution < -0.4 is 10.2 Å². The van der Waals surface area contributed by atoms with Gasteiger partial charge in [-0.05, 0) is 46.8 Å². The van der Waals surface area contributed by atoms with Crippen LogP contribution in [0.3, 0.4) is 0 Å². The number of morpholine rings is 1. The van der Waals surface area contributed by atoms with Gasteiger partial charge in [-0.3, -0.25) is 4.79 Å². The Morgan fingerprint density at radius 3 is 2.65 bits per heavy atom. The first kappa shape index (κ1) is 16.2. The molecule has 1 aliphatic heterocycles. The van der Waals surface area contributed by atoms with Crippen LogP contribution in [0.25, 0.3) is 5.69 Å². The molecule has 26 heavy (non-hydrogen) atoms. The Hall–Kier alpha value is -3.26. The molecule has 8 heteroatoms. The predicted molar refractivity (Wildman–Crippen MR) is 96.6 cm³/mol. The standard InChI is InChI=1S/C18H18N6O2/c25-18(14-3-1-6-17(11-14)24-13-19-21-22-24)20-15-4-2-5-16(12-15)23-7-9-26-10-8-23/h1-6,11-13H,7-10H2,(H,20,25). The molecule has 1 saturated heterocycles. The van der Waals surface area contributed by atoms with Crippen molar-refractivity contribution >= 4 is 17.3 Å². The van der Waals surface area contributed by atoms with Crippen molar-refractivity contribution in [3.8, 4) is 5.69 Å². The van der Waals surface area contributed by atoms with Gasteiger partial charge in [0.05, 0.1) is 18.9 Å². The van der Waals surface area contributed by atoms with E-state index in [9.17, 15) is 4.79 Å². The molecule has 8 nitrogen and oxygen atoms in total. The van der Waals surface area contributed by atoms with Crippen LogP contribution in [0.1, 0.15) is 10.4 Å². The van der Waals surface area contributed by atoms with Gasteiger partial charge in [0.1, 0.15) is 6.33 Å². The quantitative estimate of drug-likeness (QED) is 0.772. The van der Waals surface area contributed by atoms with E-state index in [2.05, 4.69) is 25.7 Å². The van der Waals surface area contributed by atoms with E-state index in [1.807, 2.05) is 30.3 Å². The lowest BCUT2D eigenvalue weighted by Crippen LogP contribution is -2.36. The summed E-state index contributed by atoms with van der Waals surface area (Å²) >= 11 is 0. The minimum absolute atomic E-state index is 0.181. The molecule has 4 rings (SSSR count). The zero-order valence-corrected chi connectivity index (χ0v) is 14.1. The molecule has 0 spiro atoms. The van der Waals surface area contributed by atoms with Crippen LogP contribution in [0, 0.1) is 0 Å². The van der Waals surface area contributed by atoms with Crippen molar-refractivity contribution in [2.24, 2.45) is 0 Å². The van der Waals surface area contributed by atoms with Gasteiger partial charge in [-0.1, -0.05) is 12.1 Å². The van der Waals surface area contributed by atoms with Gasteiger partial charge in [-0.15, -0.1) is 5.10 Å². The van der Waals surface area contributed by atoms with E-state index in [-0.39, 0.29) is 5.91 Å². The maximum atomic E-state index is 12.6. The number of amides is 1. The van der Waals surface area contributed by atoms with Crippen molar-refractivity contribution in [3.63, 3.8) is 0 Å². The third-order valence-corrected chi connectivity index (χ3v) is 4.20. The highest BCUT2D eigenvalue weighted by Crippen LogP contribution is 2.21. The minimum atomic E-state index is -0.181. The van der Waals surface area contributed by atoms with Gasteiger partial charge in [-0.2, -0.15) is 0 Å². The van der Waals surface area contributed by atoms with Crippen molar-refractivity contribution in [1.82, 2.24) is 20.2 Å². The van der Waals surface area contributed by atoms with Crippen LogP contribution in [0.4, 0.5) is 11.4 Å². The molecule has 132 valence electrons. The van der Waals surface area contributed by atoms with E-state index in [1.165, 1.54) is 11.0 Å². The van der Waals surface area contributed by atoms with Crippen molar-refractivity contribution in [2.45, 2.75) is 0 Å². The summed E-state index contributed by atoms with van der Waals surface area (Å²) < 4.78 is 6.90. The molecule has 1 aliphatic rings. The van der Waals surface area contributed by atoms with Gasteiger partial charge < -0.3 is 15.0 Å². The zero-order chi connectivity index (χ0) is 17.8. The average Bonchev–Trinajstić information content (AvgIpc) is 3.24. The van der Waals surface area contributed by atoms with Crippen LogP contribution in [0.5, 0.6) is 0 Å². The van der Waals surface area contributed by atoms with Crippen molar-refractivity contribution in [1.29, 1.82) is 0 Å². The monoisotopic (exact) mass is 350 g/mol. The summed E-state index contributed by atoms with van der Waals surface area (Å²) in [4.78, 5) is 14.9. The first-order valence-electron chi connectivity index (χ1n) is 8.37. The number of rotatable bonds is 4. The molecule has 1 N–H and O–H groups in total. The largest absolute Gasteiger partial charge is 0.378 e. The van der Waals surface area contributed by atoms with Crippen LogP contribution in [-0.4, -0.2) is 52.4 Å². The smallest absolute Gasteiger partial charge is 0.255 e. The van der Waals surface area contributed by atoms with E-state index < -0.39 is 0 Å². The number of tetrazole rings is 1. The Morgan fingerprint density at radius 1 is 1.04 bits per heavy atom. The summed E-state index contributed by atoms with van der Waals surface area (Å²) in [7, 11) is 0. The van der Waals surface area contributed by atoms with Gasteiger partial charge in [0.2, 0.25) is 0 Å². The molecule has 2 aromatic carbocycles. The van der Waals surface area contributed by atoms with Crippen LogP contribution in [0.2, 0.25) is 0 Å². The summed E-state index contributed by atoms with van der Waals surface area (Å²) in [5.74, 6) is -0.181. The molecule has 2 heterocycles. The van der Waals surface area contributed by atoms with E-state index in [0.29, 0.717) is 5.56 Å². The fourth-order valence-corrected chi connectivity index (χ4v) is 2.87. The lowest BCUT2D eigenvalue weighted by molar-refractivity contribution is 0.102. The molecular formula is C18H18N6O2. The number of nitrogens with zero attached hydrogens (tertiary/aromatic N) is 5. The first-order valence-corrected chi connectivity index (χ1v) is 8.37. The molecule has 1 amide bonds. The highest BCUT2D eigenvalue weighted by Gasteiger charge is 2.13. The Labute approximate surface area is 150 Å². The van der Waals surface area contributed by atoms with Gasteiger partial charge in [0, 0.05) is 30.0 Å². The SMILES string of the molecule is O=C(Nc1cccc(N2CCOCC2)c1)c1cccc(-n2cnnn2)c1. The predicted octanol–water partition coefficient (Wildman–Crippen LogP) is 1.75. The molecule has 0 aliphatic carbocycles. The normalized spacial score (nSPS) is 14.2. The molecule has 0 bridgehead atoms. The number of hydrogen-bond donors (Lipinski definition) is 1. The lowest BCUT2D eigenvalue weighted by atomic mass is 10.1. The molecule has 1 aromatic heterocycles. The Morgan fingerprint density at radius 2 is 1.85 bits per heavy atom. The van der Waals surface area contributed by atoms with Crippen LogP contribution in [0.15, 0.2) is 54.9 Å². The Balaban J connectivity index is 1.50. The third kappa shape index (κ3) is 3.55. The van der Waals surface area contributed by atoms with Crippen LogP contribution in [-0.2, 0) is 4.74 Å². The summed E-state index contributed by atoms with van der Waals surface area (Å²) in [6.45, 7) is 3.15. The fraction of sp³-hybridized carbons (Fsp3) is 0.222. The van der Waals surface area contributed by atoms with Crippen molar-refractivity contribution < 1.29 is 9.53 Å². The van der Waals surface area contributed by atoms with Gasteiger partial charge in [0.15, 0.2) is 0 Å². The number of hydrogen-bond acceptors (Lipinski definition) is 6. The molecule has 0 atom stereocenters. The summed E-state index contributed by atoms with van der Waals surface area (Å²) in [5.41, 5.74) is 3.10.